The van der Waals surface area contributed by atoms with E-state index in [1.807, 2.05) is 0 Å². The molecule has 0 fully saturated rings. The summed E-state index contributed by atoms with van der Waals surface area (Å²) in [5.41, 5.74) is -1.75. The SMILES string of the molecule is CCCCc1c(F)c(F)c(CC(=O)O)c(F)c1F. The molecule has 0 bridgehead atoms. The third-order valence-corrected chi connectivity index (χ3v) is 2.55. The number of carbonyl (C=O) groups is 1. The molecule has 0 heterocycles. The fraction of sp³-hybridized carbons (Fsp3) is 0.417. The van der Waals surface area contributed by atoms with E-state index in [2.05, 4.69) is 0 Å². The van der Waals surface area contributed by atoms with E-state index in [4.69, 9.17) is 5.11 Å². The summed E-state index contributed by atoms with van der Waals surface area (Å²) >= 11 is 0. The number of carboxylic acids is 1. The van der Waals surface area contributed by atoms with Gasteiger partial charge >= 0.3 is 5.97 Å². The molecule has 0 unspecified atom stereocenters. The molecule has 1 rings (SSSR count). The van der Waals surface area contributed by atoms with Gasteiger partial charge in [-0.25, -0.2) is 17.6 Å². The summed E-state index contributed by atoms with van der Waals surface area (Å²) in [5, 5.41) is 8.43. The Morgan fingerprint density at radius 2 is 1.44 bits per heavy atom. The second kappa shape index (κ2) is 5.84. The van der Waals surface area contributed by atoms with Crippen molar-refractivity contribution in [3.05, 3.63) is 34.4 Å². The second-order valence-electron chi connectivity index (χ2n) is 3.89. The fourth-order valence-corrected chi connectivity index (χ4v) is 1.60. The molecular formula is C12H12F4O2. The van der Waals surface area contributed by atoms with Gasteiger partial charge in [0.25, 0.3) is 0 Å². The van der Waals surface area contributed by atoms with Gasteiger partial charge in [0.05, 0.1) is 6.42 Å². The van der Waals surface area contributed by atoms with Crippen LogP contribution >= 0.6 is 0 Å². The second-order valence-corrected chi connectivity index (χ2v) is 3.89. The molecule has 18 heavy (non-hydrogen) atoms. The van der Waals surface area contributed by atoms with Crippen molar-refractivity contribution in [2.24, 2.45) is 0 Å². The highest BCUT2D eigenvalue weighted by Gasteiger charge is 2.25. The Morgan fingerprint density at radius 1 is 1.00 bits per heavy atom. The van der Waals surface area contributed by atoms with Gasteiger partial charge in [-0.2, -0.15) is 0 Å². The molecular weight excluding hydrogens is 252 g/mol. The Labute approximate surface area is 101 Å². The molecule has 0 aliphatic rings. The third kappa shape index (κ3) is 2.80. The topological polar surface area (TPSA) is 37.3 Å². The lowest BCUT2D eigenvalue weighted by atomic mass is 10.0. The molecule has 100 valence electrons. The highest BCUT2D eigenvalue weighted by atomic mass is 19.2. The maximum atomic E-state index is 13.5. The van der Waals surface area contributed by atoms with Crippen LogP contribution in [0.5, 0.6) is 0 Å². The van der Waals surface area contributed by atoms with Crippen LogP contribution in [0.15, 0.2) is 0 Å². The first-order valence-corrected chi connectivity index (χ1v) is 5.45. The van der Waals surface area contributed by atoms with Gasteiger partial charge in [-0.3, -0.25) is 4.79 Å². The molecule has 0 aromatic heterocycles. The normalized spacial score (nSPS) is 10.7. The molecule has 0 radical (unpaired) electrons. The minimum Gasteiger partial charge on any atom is -0.481 e. The summed E-state index contributed by atoms with van der Waals surface area (Å²) in [6, 6.07) is 0. The molecule has 1 aromatic rings. The van der Waals surface area contributed by atoms with Gasteiger partial charge in [0.1, 0.15) is 0 Å². The lowest BCUT2D eigenvalue weighted by molar-refractivity contribution is -0.136. The first kappa shape index (κ1) is 14.5. The maximum absolute atomic E-state index is 13.5. The monoisotopic (exact) mass is 264 g/mol. The lowest BCUT2D eigenvalue weighted by Gasteiger charge is -2.10. The number of rotatable bonds is 5. The molecule has 0 saturated carbocycles. The number of benzene rings is 1. The Hall–Kier alpha value is -1.59. The maximum Gasteiger partial charge on any atom is 0.308 e. The van der Waals surface area contributed by atoms with Gasteiger partial charge in [0.2, 0.25) is 0 Å². The average Bonchev–Trinajstić information content (AvgIpc) is 2.32. The first-order chi connectivity index (χ1) is 8.40. The summed E-state index contributed by atoms with van der Waals surface area (Å²) in [4.78, 5) is 10.4. The predicted octanol–water partition coefficient (Wildman–Crippen LogP) is 3.21. The van der Waals surface area contributed by atoms with Crippen LogP contribution in [-0.2, 0) is 17.6 Å². The van der Waals surface area contributed by atoms with Crippen LogP contribution in [-0.4, -0.2) is 11.1 Å². The molecule has 0 amide bonds. The Bertz CT molecular complexity index is 443. The quantitative estimate of drug-likeness (QED) is 0.655. The molecule has 1 aromatic carbocycles. The molecule has 6 heteroatoms. The van der Waals surface area contributed by atoms with Crippen LogP contribution in [0.1, 0.15) is 30.9 Å². The van der Waals surface area contributed by atoms with Crippen LogP contribution in [0.25, 0.3) is 0 Å². The van der Waals surface area contributed by atoms with Gasteiger partial charge in [-0.15, -0.1) is 0 Å². The lowest BCUT2D eigenvalue weighted by Crippen LogP contribution is -2.12. The Morgan fingerprint density at radius 3 is 1.83 bits per heavy atom. The van der Waals surface area contributed by atoms with Gasteiger partial charge in [-0.05, 0) is 12.8 Å². The van der Waals surface area contributed by atoms with Crippen LogP contribution in [0, 0.1) is 23.3 Å². The van der Waals surface area contributed by atoms with E-state index < -0.39 is 46.8 Å². The highest BCUT2D eigenvalue weighted by molar-refractivity contribution is 5.70. The van der Waals surface area contributed by atoms with Gasteiger partial charge in [0, 0.05) is 11.1 Å². The van der Waals surface area contributed by atoms with Crippen LogP contribution in [0.3, 0.4) is 0 Å². The molecule has 0 aliphatic carbocycles. The molecule has 0 aliphatic heterocycles. The molecule has 2 nitrogen and oxygen atoms in total. The zero-order chi connectivity index (χ0) is 13.9. The molecule has 0 spiro atoms. The van der Waals surface area contributed by atoms with Crippen molar-refractivity contribution in [3.8, 4) is 0 Å². The van der Waals surface area contributed by atoms with Crippen molar-refractivity contribution in [1.82, 2.24) is 0 Å². The number of unbranched alkanes of at least 4 members (excludes halogenated alkanes) is 1. The number of halogens is 4. The van der Waals surface area contributed by atoms with Crippen molar-refractivity contribution in [2.45, 2.75) is 32.6 Å². The fourth-order valence-electron chi connectivity index (χ4n) is 1.60. The van der Waals surface area contributed by atoms with Crippen molar-refractivity contribution in [2.75, 3.05) is 0 Å². The van der Waals surface area contributed by atoms with Crippen LogP contribution < -0.4 is 0 Å². The van der Waals surface area contributed by atoms with E-state index in [1.165, 1.54) is 0 Å². The first-order valence-electron chi connectivity index (χ1n) is 5.45. The van der Waals surface area contributed by atoms with E-state index >= 15 is 0 Å². The van der Waals surface area contributed by atoms with E-state index in [9.17, 15) is 22.4 Å². The molecule has 0 saturated heterocycles. The number of aliphatic carboxylic acids is 1. The van der Waals surface area contributed by atoms with Crippen LogP contribution in [0.2, 0.25) is 0 Å². The summed E-state index contributed by atoms with van der Waals surface area (Å²) in [6.07, 6.45) is -0.237. The van der Waals surface area contributed by atoms with Gasteiger partial charge in [-0.1, -0.05) is 13.3 Å². The summed E-state index contributed by atoms with van der Waals surface area (Å²) in [7, 11) is 0. The molecule has 1 N–H and O–H groups in total. The van der Waals surface area contributed by atoms with Crippen molar-refractivity contribution in [1.29, 1.82) is 0 Å². The molecule has 0 atom stereocenters. The number of carboxylic acid groups (broad SMARTS) is 1. The van der Waals surface area contributed by atoms with E-state index in [0.717, 1.165) is 0 Å². The van der Waals surface area contributed by atoms with Crippen molar-refractivity contribution >= 4 is 5.97 Å². The average molecular weight is 264 g/mol. The van der Waals surface area contributed by atoms with E-state index in [1.54, 1.807) is 6.92 Å². The van der Waals surface area contributed by atoms with Crippen molar-refractivity contribution < 1.29 is 27.5 Å². The summed E-state index contributed by atoms with van der Waals surface area (Å²) in [5.74, 6) is -7.81. The van der Waals surface area contributed by atoms with Gasteiger partial charge in [0.15, 0.2) is 23.3 Å². The summed E-state index contributed by atoms with van der Waals surface area (Å²) < 4.78 is 53.9. The Balaban J connectivity index is 3.31. The highest BCUT2D eigenvalue weighted by Crippen LogP contribution is 2.25. The zero-order valence-electron chi connectivity index (χ0n) is 9.70. The number of hydrogen-bond donors (Lipinski definition) is 1. The standard InChI is InChI=1S/C12H12F4O2/c1-2-3-4-6-9(13)11(15)7(5-8(17)18)12(16)10(6)14/h2-5H2,1H3,(H,17,18). The van der Waals surface area contributed by atoms with Gasteiger partial charge < -0.3 is 5.11 Å². The predicted molar refractivity (Wildman–Crippen MR) is 56.2 cm³/mol. The minimum atomic E-state index is -1.62. The number of hydrogen-bond acceptors (Lipinski definition) is 1. The third-order valence-electron chi connectivity index (χ3n) is 2.55. The summed E-state index contributed by atoms with van der Waals surface area (Å²) in [6.45, 7) is 1.77. The van der Waals surface area contributed by atoms with E-state index in [0.29, 0.717) is 12.8 Å². The van der Waals surface area contributed by atoms with Crippen molar-refractivity contribution in [3.63, 3.8) is 0 Å². The largest absolute Gasteiger partial charge is 0.481 e. The smallest absolute Gasteiger partial charge is 0.308 e. The van der Waals surface area contributed by atoms with E-state index in [-0.39, 0.29) is 6.42 Å². The minimum absolute atomic E-state index is 0.130. The van der Waals surface area contributed by atoms with Crippen LogP contribution in [0.4, 0.5) is 17.6 Å². The Kier molecular flexibility index (Phi) is 4.69. The zero-order valence-corrected chi connectivity index (χ0v) is 9.70.